The molecule has 0 amide bonds. The number of rotatable bonds is 5. The molecule has 0 bridgehead atoms. The zero-order valence-corrected chi connectivity index (χ0v) is 15.9. The summed E-state index contributed by atoms with van der Waals surface area (Å²) in [5, 5.41) is 0. The van der Waals surface area contributed by atoms with E-state index in [1.807, 2.05) is 6.07 Å². The fourth-order valence-corrected chi connectivity index (χ4v) is 3.30. The quantitative estimate of drug-likeness (QED) is 0.730. The molecule has 4 heteroatoms. The van der Waals surface area contributed by atoms with Crippen LogP contribution < -0.4 is 4.52 Å². The van der Waals surface area contributed by atoms with Crippen LogP contribution in [0.2, 0.25) is 0 Å². The van der Waals surface area contributed by atoms with Crippen molar-refractivity contribution in [2.75, 3.05) is 0 Å². The first-order valence-electron chi connectivity index (χ1n) is 8.01. The lowest BCUT2D eigenvalue weighted by atomic mass is 9.72. The van der Waals surface area contributed by atoms with Crippen LogP contribution in [-0.4, -0.2) is 9.79 Å². The topological polar surface area (TPSA) is 49.7 Å². The van der Waals surface area contributed by atoms with Gasteiger partial charge in [-0.15, -0.1) is 0 Å². The van der Waals surface area contributed by atoms with E-state index in [0.29, 0.717) is 5.75 Å². The normalized spacial score (nSPS) is 12.8. The van der Waals surface area contributed by atoms with Crippen molar-refractivity contribution in [2.24, 2.45) is 0 Å². The van der Waals surface area contributed by atoms with Gasteiger partial charge in [-0.2, -0.15) is 0 Å². The maximum atomic E-state index is 9.30. The highest BCUT2D eigenvalue weighted by molar-refractivity contribution is 7.39. The zero-order valence-electron chi connectivity index (χ0n) is 15.0. The maximum absolute atomic E-state index is 9.30. The lowest BCUT2D eigenvalue weighted by Gasteiger charge is -2.34. The molecule has 0 aliphatic carbocycles. The van der Waals surface area contributed by atoms with Crippen LogP contribution in [0, 0.1) is 0 Å². The Kier molecular flexibility index (Phi) is 6.44. The Morgan fingerprint density at radius 1 is 0.955 bits per heavy atom. The lowest BCUT2D eigenvalue weighted by Crippen LogP contribution is -2.25. The van der Waals surface area contributed by atoms with E-state index in [2.05, 4.69) is 54.5 Å². The average Bonchev–Trinajstić information content (AvgIpc) is 2.33. The van der Waals surface area contributed by atoms with Crippen molar-refractivity contribution < 1.29 is 14.3 Å². The van der Waals surface area contributed by atoms with E-state index in [1.165, 1.54) is 11.1 Å². The molecule has 3 nitrogen and oxygen atoms in total. The summed E-state index contributed by atoms with van der Waals surface area (Å²) in [4.78, 5) is 18.6. The van der Waals surface area contributed by atoms with Gasteiger partial charge in [0.05, 0.1) is 0 Å². The number of aryl methyl sites for hydroxylation is 1. The summed E-state index contributed by atoms with van der Waals surface area (Å²) in [7, 11) is -2.41. The van der Waals surface area contributed by atoms with Gasteiger partial charge < -0.3 is 14.3 Å². The van der Waals surface area contributed by atoms with Gasteiger partial charge >= 0.3 is 8.60 Å². The second-order valence-electron chi connectivity index (χ2n) is 7.92. The highest BCUT2D eigenvalue weighted by atomic mass is 31.2. The number of unbranched alkanes of at least 4 members (excludes halogenated alkanes) is 1. The molecule has 1 rings (SSSR count). The molecular formula is C18H31O3P. The summed E-state index contributed by atoms with van der Waals surface area (Å²) in [6, 6.07) is 3.97. The second-order valence-corrected chi connectivity index (χ2v) is 8.61. The zero-order chi connectivity index (χ0) is 17.1. The van der Waals surface area contributed by atoms with E-state index in [0.717, 1.165) is 24.8 Å². The van der Waals surface area contributed by atoms with E-state index in [1.54, 1.807) is 0 Å². The van der Waals surface area contributed by atoms with Crippen LogP contribution in [0.15, 0.2) is 12.1 Å². The molecule has 0 saturated carbocycles. The SMILES string of the molecule is CCCCc1ccc(OP(O)O)c(C(C)(C)C)c1C(C)(C)C. The molecule has 1 aromatic carbocycles. The second kappa shape index (κ2) is 7.29. The number of benzene rings is 1. The van der Waals surface area contributed by atoms with Crippen molar-refractivity contribution in [3.63, 3.8) is 0 Å². The highest BCUT2D eigenvalue weighted by Gasteiger charge is 2.31. The average molecular weight is 326 g/mol. The van der Waals surface area contributed by atoms with Gasteiger partial charge in [0, 0.05) is 5.56 Å². The van der Waals surface area contributed by atoms with Crippen molar-refractivity contribution in [3.8, 4) is 5.75 Å². The van der Waals surface area contributed by atoms with Gasteiger partial charge in [0.1, 0.15) is 5.75 Å². The summed E-state index contributed by atoms with van der Waals surface area (Å²) >= 11 is 0. The fourth-order valence-electron chi connectivity index (χ4n) is 2.97. The summed E-state index contributed by atoms with van der Waals surface area (Å²) in [5.41, 5.74) is 3.54. The Balaban J connectivity index is 3.59. The molecule has 0 saturated heterocycles. The third-order valence-electron chi connectivity index (χ3n) is 3.73. The molecular weight excluding hydrogens is 295 g/mol. The predicted octanol–water partition coefficient (Wildman–Crippen LogP) is 5.21. The van der Waals surface area contributed by atoms with Crippen LogP contribution in [0.25, 0.3) is 0 Å². The van der Waals surface area contributed by atoms with Crippen LogP contribution in [0.4, 0.5) is 0 Å². The van der Waals surface area contributed by atoms with E-state index in [-0.39, 0.29) is 10.8 Å². The molecule has 0 fully saturated rings. The van der Waals surface area contributed by atoms with E-state index < -0.39 is 8.60 Å². The summed E-state index contributed by atoms with van der Waals surface area (Å²) < 4.78 is 5.34. The fraction of sp³-hybridized carbons (Fsp3) is 0.667. The molecule has 0 unspecified atom stereocenters. The molecule has 0 radical (unpaired) electrons. The highest BCUT2D eigenvalue weighted by Crippen LogP contribution is 2.45. The van der Waals surface area contributed by atoms with E-state index in [9.17, 15) is 9.79 Å². The van der Waals surface area contributed by atoms with Gasteiger partial charge in [-0.25, -0.2) is 0 Å². The Morgan fingerprint density at radius 3 is 1.91 bits per heavy atom. The van der Waals surface area contributed by atoms with Crippen LogP contribution in [0.1, 0.15) is 78.0 Å². The van der Waals surface area contributed by atoms with Crippen LogP contribution in [-0.2, 0) is 17.3 Å². The van der Waals surface area contributed by atoms with Crippen LogP contribution >= 0.6 is 8.60 Å². The molecule has 0 atom stereocenters. The van der Waals surface area contributed by atoms with E-state index >= 15 is 0 Å². The number of hydrogen-bond acceptors (Lipinski definition) is 3. The lowest BCUT2D eigenvalue weighted by molar-refractivity contribution is 0.367. The summed E-state index contributed by atoms with van der Waals surface area (Å²) in [6.45, 7) is 15.2. The van der Waals surface area contributed by atoms with Gasteiger partial charge in [-0.3, -0.25) is 0 Å². The molecule has 0 spiro atoms. The molecule has 126 valence electrons. The van der Waals surface area contributed by atoms with Gasteiger partial charge in [-0.05, 0) is 40.9 Å². The standard InChI is InChI=1S/C18H31O3P/c1-8-9-10-13-11-12-14(21-22(19)20)16(18(5,6)7)15(13)17(2,3)4/h11-12,19-20H,8-10H2,1-7H3. The molecule has 2 N–H and O–H groups in total. The molecule has 1 aromatic rings. The summed E-state index contributed by atoms with van der Waals surface area (Å²) in [5.74, 6) is 0.591. The van der Waals surface area contributed by atoms with Crippen molar-refractivity contribution in [2.45, 2.75) is 78.6 Å². The van der Waals surface area contributed by atoms with Crippen molar-refractivity contribution in [1.82, 2.24) is 0 Å². The molecule has 0 aromatic heterocycles. The van der Waals surface area contributed by atoms with Crippen molar-refractivity contribution in [1.29, 1.82) is 0 Å². The van der Waals surface area contributed by atoms with Gasteiger partial charge in [-0.1, -0.05) is 61.0 Å². The first-order chi connectivity index (χ1) is 9.98. The molecule has 0 heterocycles. The largest absolute Gasteiger partial charge is 0.427 e. The summed E-state index contributed by atoms with van der Waals surface area (Å²) in [6.07, 6.45) is 3.35. The Labute approximate surface area is 136 Å². The smallest absolute Gasteiger partial charge is 0.391 e. The Bertz CT molecular complexity index is 496. The van der Waals surface area contributed by atoms with Crippen molar-refractivity contribution in [3.05, 3.63) is 28.8 Å². The first-order valence-corrected chi connectivity index (χ1v) is 9.17. The number of hydrogen-bond donors (Lipinski definition) is 2. The van der Waals surface area contributed by atoms with Crippen LogP contribution in [0.3, 0.4) is 0 Å². The van der Waals surface area contributed by atoms with Crippen molar-refractivity contribution >= 4 is 8.60 Å². The Hall–Kier alpha value is -0.630. The third kappa shape index (κ3) is 4.94. The minimum atomic E-state index is -2.41. The van der Waals surface area contributed by atoms with Gasteiger partial charge in [0.15, 0.2) is 0 Å². The first kappa shape index (κ1) is 19.4. The molecule has 22 heavy (non-hydrogen) atoms. The van der Waals surface area contributed by atoms with E-state index in [4.69, 9.17) is 4.52 Å². The molecule has 0 aliphatic rings. The maximum Gasteiger partial charge on any atom is 0.391 e. The Morgan fingerprint density at radius 2 is 1.50 bits per heavy atom. The minimum absolute atomic E-state index is 0.0290. The molecule has 0 aliphatic heterocycles. The van der Waals surface area contributed by atoms with Gasteiger partial charge in [0.2, 0.25) is 0 Å². The van der Waals surface area contributed by atoms with Crippen LogP contribution in [0.5, 0.6) is 5.75 Å². The third-order valence-corrected chi connectivity index (χ3v) is 4.09. The van der Waals surface area contributed by atoms with Gasteiger partial charge in [0.25, 0.3) is 0 Å². The monoisotopic (exact) mass is 326 g/mol. The predicted molar refractivity (Wildman–Crippen MR) is 94.4 cm³/mol. The minimum Gasteiger partial charge on any atom is -0.427 e.